The van der Waals surface area contributed by atoms with Gasteiger partial charge in [-0.3, -0.25) is 0 Å². The summed E-state index contributed by atoms with van der Waals surface area (Å²) in [7, 11) is 5.14. The van der Waals surface area contributed by atoms with Crippen LogP contribution in [0, 0.1) is 6.92 Å². The fraction of sp³-hybridized carbons (Fsp3) is 0.520. The summed E-state index contributed by atoms with van der Waals surface area (Å²) in [5, 5.41) is 0. The molecule has 28 heavy (non-hydrogen) atoms. The highest BCUT2D eigenvalue weighted by atomic mass is 16.5. The van der Waals surface area contributed by atoms with E-state index in [0.29, 0.717) is 13.2 Å². The standard InChI is InChI=1S/C25H36O3/c1-9-18-11-22(12-19(10-2)17(18)3)25(4,5)23-13-20(15-26-6)24(28-8)21(14-23)16-27-7/h11-14H,9-10,15-16H2,1-8H3. The zero-order chi connectivity index (χ0) is 20.9. The molecule has 0 aliphatic rings. The van der Waals surface area contributed by atoms with E-state index in [1.165, 1.54) is 27.8 Å². The van der Waals surface area contributed by atoms with Gasteiger partial charge in [0.2, 0.25) is 0 Å². The second-order valence-corrected chi connectivity index (χ2v) is 7.95. The molecule has 0 fully saturated rings. The van der Waals surface area contributed by atoms with Crippen molar-refractivity contribution in [3.8, 4) is 5.75 Å². The summed E-state index contributed by atoms with van der Waals surface area (Å²) in [6.07, 6.45) is 2.10. The van der Waals surface area contributed by atoms with E-state index in [-0.39, 0.29) is 5.41 Å². The Balaban J connectivity index is 2.67. The first-order valence-corrected chi connectivity index (χ1v) is 10.1. The number of hydrogen-bond donors (Lipinski definition) is 0. The van der Waals surface area contributed by atoms with Gasteiger partial charge in [-0.15, -0.1) is 0 Å². The lowest BCUT2D eigenvalue weighted by Gasteiger charge is -2.30. The largest absolute Gasteiger partial charge is 0.496 e. The van der Waals surface area contributed by atoms with Crippen LogP contribution < -0.4 is 4.74 Å². The van der Waals surface area contributed by atoms with Gasteiger partial charge in [0.1, 0.15) is 5.75 Å². The molecule has 0 saturated heterocycles. The first kappa shape index (κ1) is 22.4. The summed E-state index contributed by atoms with van der Waals surface area (Å²) in [5.74, 6) is 0.857. The number of aryl methyl sites for hydroxylation is 2. The summed E-state index contributed by atoms with van der Waals surface area (Å²) in [6, 6.07) is 9.20. The third-order valence-electron chi connectivity index (χ3n) is 5.87. The van der Waals surface area contributed by atoms with Gasteiger partial charge in [0.15, 0.2) is 0 Å². The minimum absolute atomic E-state index is 0.140. The van der Waals surface area contributed by atoms with Crippen LogP contribution in [0.3, 0.4) is 0 Å². The van der Waals surface area contributed by atoms with Crippen LogP contribution in [-0.2, 0) is 40.9 Å². The van der Waals surface area contributed by atoms with Crippen molar-refractivity contribution in [2.75, 3.05) is 21.3 Å². The molecule has 2 aromatic carbocycles. The van der Waals surface area contributed by atoms with Gasteiger partial charge in [0, 0.05) is 30.8 Å². The molecule has 0 amide bonds. The molecule has 2 aromatic rings. The molecule has 0 radical (unpaired) electrons. The molecule has 3 nitrogen and oxygen atoms in total. The van der Waals surface area contributed by atoms with Gasteiger partial charge in [-0.2, -0.15) is 0 Å². The van der Waals surface area contributed by atoms with Crippen molar-refractivity contribution >= 4 is 0 Å². The van der Waals surface area contributed by atoms with E-state index >= 15 is 0 Å². The maximum Gasteiger partial charge on any atom is 0.129 e. The van der Waals surface area contributed by atoms with Gasteiger partial charge in [-0.25, -0.2) is 0 Å². The smallest absolute Gasteiger partial charge is 0.129 e. The van der Waals surface area contributed by atoms with Crippen molar-refractivity contribution in [2.24, 2.45) is 0 Å². The molecular weight excluding hydrogens is 348 g/mol. The van der Waals surface area contributed by atoms with Crippen LogP contribution in [0.25, 0.3) is 0 Å². The average molecular weight is 385 g/mol. The maximum absolute atomic E-state index is 5.68. The predicted octanol–water partition coefficient (Wildman–Crippen LogP) is 5.75. The molecule has 0 bridgehead atoms. The topological polar surface area (TPSA) is 27.7 Å². The van der Waals surface area contributed by atoms with E-state index in [0.717, 1.165) is 29.7 Å². The maximum atomic E-state index is 5.68. The molecule has 3 heteroatoms. The molecule has 0 N–H and O–H groups in total. The van der Waals surface area contributed by atoms with E-state index in [2.05, 4.69) is 58.9 Å². The molecule has 0 spiro atoms. The Morgan fingerprint density at radius 1 is 0.714 bits per heavy atom. The van der Waals surface area contributed by atoms with Crippen molar-refractivity contribution in [3.63, 3.8) is 0 Å². The van der Waals surface area contributed by atoms with E-state index in [1.54, 1.807) is 21.3 Å². The van der Waals surface area contributed by atoms with E-state index in [1.807, 2.05) is 0 Å². The minimum Gasteiger partial charge on any atom is -0.496 e. The minimum atomic E-state index is -0.140. The van der Waals surface area contributed by atoms with E-state index in [4.69, 9.17) is 14.2 Å². The Labute approximate surface area is 171 Å². The second-order valence-electron chi connectivity index (χ2n) is 7.95. The highest BCUT2D eigenvalue weighted by molar-refractivity contribution is 5.51. The molecule has 0 saturated carbocycles. The lowest BCUT2D eigenvalue weighted by Crippen LogP contribution is -2.21. The third-order valence-corrected chi connectivity index (χ3v) is 5.87. The molecule has 154 valence electrons. The molecule has 0 atom stereocenters. The van der Waals surface area contributed by atoms with Crippen LogP contribution in [0.2, 0.25) is 0 Å². The van der Waals surface area contributed by atoms with Crippen LogP contribution in [-0.4, -0.2) is 21.3 Å². The Morgan fingerprint density at radius 3 is 1.43 bits per heavy atom. The number of rotatable bonds is 9. The Kier molecular flexibility index (Phi) is 7.68. The van der Waals surface area contributed by atoms with Gasteiger partial charge < -0.3 is 14.2 Å². The summed E-state index contributed by atoms with van der Waals surface area (Å²) < 4.78 is 16.6. The van der Waals surface area contributed by atoms with Crippen LogP contribution in [0.1, 0.15) is 66.6 Å². The molecule has 0 aliphatic carbocycles. The van der Waals surface area contributed by atoms with Crippen molar-refractivity contribution in [3.05, 3.63) is 63.2 Å². The predicted molar refractivity (Wildman–Crippen MR) is 116 cm³/mol. The van der Waals surface area contributed by atoms with Crippen molar-refractivity contribution < 1.29 is 14.2 Å². The fourth-order valence-corrected chi connectivity index (χ4v) is 4.00. The van der Waals surface area contributed by atoms with Crippen LogP contribution in [0.15, 0.2) is 24.3 Å². The number of benzene rings is 2. The molecule has 0 heterocycles. The lowest BCUT2D eigenvalue weighted by atomic mass is 9.75. The van der Waals surface area contributed by atoms with E-state index < -0.39 is 0 Å². The monoisotopic (exact) mass is 384 g/mol. The summed E-state index contributed by atoms with van der Waals surface area (Å²) in [6.45, 7) is 12.3. The number of ether oxygens (including phenoxy) is 3. The SMILES string of the molecule is CCc1cc(C(C)(C)c2cc(COC)c(OC)c(COC)c2)cc(CC)c1C. The quantitative estimate of drug-likeness (QED) is 0.551. The zero-order valence-corrected chi connectivity index (χ0v) is 18.9. The highest BCUT2D eigenvalue weighted by Crippen LogP contribution is 2.38. The van der Waals surface area contributed by atoms with E-state index in [9.17, 15) is 0 Å². The van der Waals surface area contributed by atoms with Gasteiger partial charge in [-0.05, 0) is 59.7 Å². The number of hydrogen-bond acceptors (Lipinski definition) is 3. The average Bonchev–Trinajstić information content (AvgIpc) is 2.68. The Morgan fingerprint density at radius 2 is 1.11 bits per heavy atom. The summed E-state index contributed by atoms with van der Waals surface area (Å²) in [5.41, 5.74) is 8.87. The zero-order valence-electron chi connectivity index (χ0n) is 18.9. The fourth-order valence-electron chi connectivity index (χ4n) is 4.00. The second kappa shape index (κ2) is 9.58. The first-order valence-electron chi connectivity index (χ1n) is 10.1. The van der Waals surface area contributed by atoms with Gasteiger partial charge >= 0.3 is 0 Å². The van der Waals surface area contributed by atoms with Crippen molar-refractivity contribution in [2.45, 2.75) is 66.1 Å². The molecule has 0 unspecified atom stereocenters. The Hall–Kier alpha value is -1.84. The van der Waals surface area contributed by atoms with Gasteiger partial charge in [0.05, 0.1) is 20.3 Å². The van der Waals surface area contributed by atoms with Crippen LogP contribution >= 0.6 is 0 Å². The van der Waals surface area contributed by atoms with Crippen LogP contribution in [0.4, 0.5) is 0 Å². The summed E-state index contributed by atoms with van der Waals surface area (Å²) >= 11 is 0. The van der Waals surface area contributed by atoms with Gasteiger partial charge in [-0.1, -0.05) is 39.8 Å². The Bertz CT molecular complexity index is 753. The highest BCUT2D eigenvalue weighted by Gasteiger charge is 2.27. The van der Waals surface area contributed by atoms with Crippen molar-refractivity contribution in [1.82, 2.24) is 0 Å². The first-order chi connectivity index (χ1) is 13.3. The van der Waals surface area contributed by atoms with Gasteiger partial charge in [0.25, 0.3) is 0 Å². The third kappa shape index (κ3) is 4.42. The molecule has 0 aromatic heterocycles. The molecular formula is C25H36O3. The molecule has 0 aliphatic heterocycles. The normalized spacial score (nSPS) is 11.7. The lowest BCUT2D eigenvalue weighted by molar-refractivity contribution is 0.173. The van der Waals surface area contributed by atoms with Crippen molar-refractivity contribution in [1.29, 1.82) is 0 Å². The summed E-state index contributed by atoms with van der Waals surface area (Å²) in [4.78, 5) is 0. The molecule has 2 rings (SSSR count). The number of methoxy groups -OCH3 is 3. The van der Waals surface area contributed by atoms with Crippen LogP contribution in [0.5, 0.6) is 5.75 Å².